The van der Waals surface area contributed by atoms with E-state index in [0.717, 1.165) is 24.8 Å². The van der Waals surface area contributed by atoms with E-state index in [4.69, 9.17) is 13.9 Å². The van der Waals surface area contributed by atoms with E-state index in [1.807, 2.05) is 18.2 Å². The number of piperidine rings is 1. The SMILES string of the molecule is O=C(Nc1nnc(Cc2ccc3c(c2)OCO3)o1)c1ccc(S(=O)(=O)N2CCCCC2)cc1. The van der Waals surface area contributed by atoms with E-state index < -0.39 is 15.9 Å². The van der Waals surface area contributed by atoms with Gasteiger partial charge in [-0.05, 0) is 54.8 Å². The molecule has 1 amide bonds. The highest BCUT2D eigenvalue weighted by Crippen LogP contribution is 2.33. The number of amides is 1. The minimum atomic E-state index is -3.55. The van der Waals surface area contributed by atoms with Crippen LogP contribution in [0.1, 0.15) is 41.1 Å². The standard InChI is InChI=1S/C22H22N4O6S/c27-21(16-5-7-17(8-6-16)33(28,29)26-10-2-1-3-11-26)23-22-25-24-20(32-22)13-15-4-9-18-19(12-15)31-14-30-18/h4-9,12H,1-3,10-11,13-14H2,(H,23,25,27). The summed E-state index contributed by atoms with van der Waals surface area (Å²) in [4.78, 5) is 12.7. The number of sulfonamides is 1. The smallest absolute Gasteiger partial charge is 0.322 e. The molecule has 0 atom stereocenters. The van der Waals surface area contributed by atoms with Crippen LogP contribution in [-0.4, -0.2) is 48.7 Å². The molecule has 3 heterocycles. The molecule has 5 rings (SSSR count). The number of nitrogens with one attached hydrogen (secondary N) is 1. The summed E-state index contributed by atoms with van der Waals surface area (Å²) >= 11 is 0. The fourth-order valence-corrected chi connectivity index (χ4v) is 5.32. The summed E-state index contributed by atoms with van der Waals surface area (Å²) in [5.74, 6) is 1.20. The minimum absolute atomic E-state index is 0.0410. The van der Waals surface area contributed by atoms with Gasteiger partial charge in [-0.15, -0.1) is 5.10 Å². The summed E-state index contributed by atoms with van der Waals surface area (Å²) in [5.41, 5.74) is 1.18. The normalized spacial score (nSPS) is 16.0. The molecule has 3 aromatic rings. The molecule has 2 aliphatic rings. The highest BCUT2D eigenvalue weighted by atomic mass is 32.2. The number of nitrogens with zero attached hydrogens (tertiary/aromatic N) is 3. The van der Waals surface area contributed by atoms with E-state index in [1.54, 1.807) is 0 Å². The molecule has 1 N–H and O–H groups in total. The molecular weight excluding hydrogens is 448 g/mol. The highest BCUT2D eigenvalue weighted by molar-refractivity contribution is 7.89. The first-order valence-electron chi connectivity index (χ1n) is 10.6. The van der Waals surface area contributed by atoms with Gasteiger partial charge in [-0.25, -0.2) is 8.42 Å². The number of benzene rings is 2. The van der Waals surface area contributed by atoms with Crippen molar-refractivity contribution in [3.8, 4) is 11.5 Å². The van der Waals surface area contributed by atoms with Crippen molar-refractivity contribution in [1.82, 2.24) is 14.5 Å². The summed E-state index contributed by atoms with van der Waals surface area (Å²) in [5, 5.41) is 10.4. The lowest BCUT2D eigenvalue weighted by Crippen LogP contribution is -2.35. The van der Waals surface area contributed by atoms with Crippen LogP contribution in [0.3, 0.4) is 0 Å². The molecule has 0 aliphatic carbocycles. The van der Waals surface area contributed by atoms with Crippen LogP contribution < -0.4 is 14.8 Å². The molecule has 0 unspecified atom stereocenters. The summed E-state index contributed by atoms with van der Waals surface area (Å²) in [6, 6.07) is 11.3. The first-order valence-corrected chi connectivity index (χ1v) is 12.1. The van der Waals surface area contributed by atoms with Crippen LogP contribution in [0.5, 0.6) is 11.5 Å². The van der Waals surface area contributed by atoms with Gasteiger partial charge in [-0.3, -0.25) is 10.1 Å². The molecule has 11 heteroatoms. The zero-order valence-electron chi connectivity index (χ0n) is 17.7. The van der Waals surface area contributed by atoms with Crippen molar-refractivity contribution in [2.45, 2.75) is 30.6 Å². The maximum atomic E-state index is 12.8. The summed E-state index contributed by atoms with van der Waals surface area (Å²) in [6.45, 7) is 1.24. The van der Waals surface area contributed by atoms with Gasteiger partial charge in [0.05, 0.1) is 11.3 Å². The Bertz CT molecular complexity index is 1270. The highest BCUT2D eigenvalue weighted by Gasteiger charge is 2.26. The molecule has 33 heavy (non-hydrogen) atoms. The van der Waals surface area contributed by atoms with Crippen molar-refractivity contribution in [3.63, 3.8) is 0 Å². The van der Waals surface area contributed by atoms with Gasteiger partial charge < -0.3 is 13.9 Å². The maximum absolute atomic E-state index is 12.8. The van der Waals surface area contributed by atoms with E-state index >= 15 is 0 Å². The Balaban J connectivity index is 1.22. The average Bonchev–Trinajstić information content (AvgIpc) is 3.48. The van der Waals surface area contributed by atoms with Crippen molar-refractivity contribution < 1.29 is 27.1 Å². The number of carbonyl (C=O) groups excluding carboxylic acids is 1. The lowest BCUT2D eigenvalue weighted by atomic mass is 10.1. The van der Waals surface area contributed by atoms with E-state index in [9.17, 15) is 13.2 Å². The quantitative estimate of drug-likeness (QED) is 0.583. The van der Waals surface area contributed by atoms with Crippen LogP contribution in [0.15, 0.2) is 51.8 Å². The molecule has 0 bridgehead atoms. The van der Waals surface area contributed by atoms with Gasteiger partial charge in [0.15, 0.2) is 11.5 Å². The van der Waals surface area contributed by atoms with Crippen LogP contribution in [-0.2, 0) is 16.4 Å². The average molecular weight is 471 g/mol. The first-order chi connectivity index (χ1) is 16.0. The Hall–Kier alpha value is -3.44. The van der Waals surface area contributed by atoms with Crippen molar-refractivity contribution in [2.75, 3.05) is 25.2 Å². The summed E-state index contributed by atoms with van der Waals surface area (Å²) in [7, 11) is -3.55. The molecule has 1 saturated heterocycles. The number of ether oxygens (including phenoxy) is 2. The molecule has 0 saturated carbocycles. The molecule has 2 aliphatic heterocycles. The number of aromatic nitrogens is 2. The Morgan fingerprint density at radius 1 is 0.970 bits per heavy atom. The van der Waals surface area contributed by atoms with Crippen LogP contribution in [0.2, 0.25) is 0 Å². The van der Waals surface area contributed by atoms with Gasteiger partial charge in [0.2, 0.25) is 22.7 Å². The van der Waals surface area contributed by atoms with Gasteiger partial charge in [0, 0.05) is 18.7 Å². The van der Waals surface area contributed by atoms with E-state index in [2.05, 4.69) is 15.5 Å². The Labute approximate surface area is 190 Å². The molecular formula is C22H22N4O6S. The molecule has 10 nitrogen and oxygen atoms in total. The largest absolute Gasteiger partial charge is 0.454 e. The van der Waals surface area contributed by atoms with Crippen LogP contribution in [0.4, 0.5) is 6.01 Å². The molecule has 0 spiro atoms. The van der Waals surface area contributed by atoms with Gasteiger partial charge in [-0.2, -0.15) is 4.31 Å². The predicted octanol–water partition coefficient (Wildman–Crippen LogP) is 2.82. The van der Waals surface area contributed by atoms with E-state index in [0.29, 0.717) is 36.9 Å². The number of rotatable bonds is 6. The van der Waals surface area contributed by atoms with Crippen molar-refractivity contribution in [1.29, 1.82) is 0 Å². The molecule has 2 aromatic carbocycles. The number of hydrogen-bond acceptors (Lipinski definition) is 8. The minimum Gasteiger partial charge on any atom is -0.454 e. The summed E-state index contributed by atoms with van der Waals surface area (Å²) in [6.07, 6.45) is 3.13. The van der Waals surface area contributed by atoms with Crippen LogP contribution in [0, 0.1) is 0 Å². The Morgan fingerprint density at radius 2 is 1.73 bits per heavy atom. The number of anilines is 1. The maximum Gasteiger partial charge on any atom is 0.322 e. The topological polar surface area (TPSA) is 124 Å². The van der Waals surface area contributed by atoms with Gasteiger partial charge >= 0.3 is 6.01 Å². The van der Waals surface area contributed by atoms with Crippen molar-refractivity contribution in [2.24, 2.45) is 0 Å². The first kappa shape index (κ1) is 21.4. The second-order valence-electron chi connectivity index (χ2n) is 7.81. The molecule has 172 valence electrons. The second kappa shape index (κ2) is 8.83. The monoisotopic (exact) mass is 470 g/mol. The van der Waals surface area contributed by atoms with E-state index in [-0.39, 0.29) is 23.3 Å². The third-order valence-electron chi connectivity index (χ3n) is 5.55. The lowest BCUT2D eigenvalue weighted by Gasteiger charge is -2.25. The van der Waals surface area contributed by atoms with E-state index in [1.165, 1.54) is 28.6 Å². The zero-order valence-corrected chi connectivity index (χ0v) is 18.5. The van der Waals surface area contributed by atoms with Gasteiger partial charge in [0.1, 0.15) is 0 Å². The Kier molecular flexibility index (Phi) is 5.73. The number of hydrogen-bond donors (Lipinski definition) is 1. The van der Waals surface area contributed by atoms with Gasteiger partial charge in [-0.1, -0.05) is 17.6 Å². The summed E-state index contributed by atoms with van der Waals surface area (Å²) < 4.78 is 43.2. The molecule has 1 fully saturated rings. The molecule has 0 radical (unpaired) electrons. The number of carbonyl (C=O) groups is 1. The third kappa shape index (κ3) is 4.55. The van der Waals surface area contributed by atoms with Crippen molar-refractivity contribution >= 4 is 21.9 Å². The predicted molar refractivity (Wildman–Crippen MR) is 117 cm³/mol. The molecule has 1 aromatic heterocycles. The number of fused-ring (bicyclic) bond motifs is 1. The lowest BCUT2D eigenvalue weighted by molar-refractivity contribution is 0.102. The van der Waals surface area contributed by atoms with Gasteiger partial charge in [0.25, 0.3) is 5.91 Å². The Morgan fingerprint density at radius 3 is 2.52 bits per heavy atom. The fraction of sp³-hybridized carbons (Fsp3) is 0.318. The van der Waals surface area contributed by atoms with Crippen LogP contribution >= 0.6 is 0 Å². The van der Waals surface area contributed by atoms with Crippen molar-refractivity contribution in [3.05, 3.63) is 59.5 Å². The third-order valence-corrected chi connectivity index (χ3v) is 7.46. The second-order valence-corrected chi connectivity index (χ2v) is 9.75. The fourth-order valence-electron chi connectivity index (χ4n) is 3.80. The zero-order chi connectivity index (χ0) is 22.8. The van der Waals surface area contributed by atoms with Crippen LogP contribution in [0.25, 0.3) is 0 Å².